The van der Waals surface area contributed by atoms with Crippen LogP contribution in [0.1, 0.15) is 40.1 Å². The maximum Gasteiger partial charge on any atom is 0.160 e. The van der Waals surface area contributed by atoms with Gasteiger partial charge in [0, 0.05) is 21.9 Å². The first-order valence-corrected chi connectivity index (χ1v) is 11.6. The number of carbonyl (C=O) groups excluding carboxylic acids is 1. The molecule has 1 N–H and O–H groups in total. The number of para-hydroxylation sites is 2. The molecular formula is C26H26N2O3S. The summed E-state index contributed by atoms with van der Waals surface area (Å²) in [5.41, 5.74) is 3.89. The Morgan fingerprint density at radius 2 is 1.81 bits per heavy atom. The van der Waals surface area contributed by atoms with Gasteiger partial charge in [-0.05, 0) is 61.2 Å². The summed E-state index contributed by atoms with van der Waals surface area (Å²) in [6.45, 7) is 2.10. The number of ketones is 1. The molecule has 0 spiro atoms. The van der Waals surface area contributed by atoms with Crippen LogP contribution in [0.25, 0.3) is 0 Å². The van der Waals surface area contributed by atoms with E-state index in [9.17, 15) is 4.79 Å². The van der Waals surface area contributed by atoms with Crippen molar-refractivity contribution in [2.75, 3.05) is 19.5 Å². The fourth-order valence-corrected chi connectivity index (χ4v) is 5.76. The molecule has 1 aromatic heterocycles. The lowest BCUT2D eigenvalue weighted by molar-refractivity contribution is -0.122. The Hall–Kier alpha value is -3.12. The van der Waals surface area contributed by atoms with Gasteiger partial charge < -0.3 is 14.8 Å². The lowest BCUT2D eigenvalue weighted by atomic mass is 9.73. The number of ether oxygens (including phenoxy) is 2. The fraction of sp³-hybridized carbons (Fsp3) is 0.308. The molecule has 0 bridgehead atoms. The van der Waals surface area contributed by atoms with E-state index in [0.29, 0.717) is 17.9 Å². The molecule has 5 nitrogen and oxygen atoms in total. The predicted octanol–water partition coefficient (Wildman–Crippen LogP) is 6.08. The van der Waals surface area contributed by atoms with Crippen molar-refractivity contribution in [1.82, 2.24) is 0 Å². The lowest BCUT2D eigenvalue weighted by Gasteiger charge is -2.33. The number of hydrogen-bond donors (Lipinski definition) is 1. The Morgan fingerprint density at radius 1 is 1.00 bits per heavy atom. The molecule has 2 heterocycles. The number of rotatable bonds is 4. The molecule has 164 valence electrons. The van der Waals surface area contributed by atoms with Gasteiger partial charge in [-0.3, -0.25) is 9.79 Å². The Kier molecular flexibility index (Phi) is 5.47. The van der Waals surface area contributed by atoms with E-state index in [4.69, 9.17) is 14.5 Å². The van der Waals surface area contributed by atoms with E-state index < -0.39 is 0 Å². The highest BCUT2D eigenvalue weighted by atomic mass is 32.1. The predicted molar refractivity (Wildman–Crippen MR) is 129 cm³/mol. The SMILES string of the molecule is COc1ccc(C2CC(=O)C3C(=Nc4ccccc4NC3c3ccc(C)s3)C2)cc1OC. The summed E-state index contributed by atoms with van der Waals surface area (Å²) in [5.74, 6) is 1.40. The average molecular weight is 447 g/mol. The van der Waals surface area contributed by atoms with Crippen LogP contribution in [-0.4, -0.2) is 25.7 Å². The van der Waals surface area contributed by atoms with Crippen LogP contribution in [0.4, 0.5) is 11.4 Å². The smallest absolute Gasteiger partial charge is 0.160 e. The Balaban J connectivity index is 1.56. The molecule has 0 radical (unpaired) electrons. The van der Waals surface area contributed by atoms with E-state index >= 15 is 0 Å². The number of nitrogens with zero attached hydrogens (tertiary/aromatic N) is 1. The van der Waals surface area contributed by atoms with Crippen LogP contribution in [0.2, 0.25) is 0 Å². The van der Waals surface area contributed by atoms with Crippen molar-refractivity contribution in [2.45, 2.75) is 31.7 Å². The van der Waals surface area contributed by atoms with Crippen LogP contribution in [0.3, 0.4) is 0 Å². The van der Waals surface area contributed by atoms with E-state index in [-0.39, 0.29) is 23.7 Å². The van der Waals surface area contributed by atoms with Gasteiger partial charge in [-0.1, -0.05) is 18.2 Å². The molecule has 2 aliphatic rings. The zero-order chi connectivity index (χ0) is 22.2. The van der Waals surface area contributed by atoms with E-state index in [0.717, 1.165) is 29.1 Å². The highest BCUT2D eigenvalue weighted by Crippen LogP contribution is 2.45. The second kappa shape index (κ2) is 8.43. The number of benzene rings is 2. The van der Waals surface area contributed by atoms with Crippen molar-refractivity contribution in [1.29, 1.82) is 0 Å². The molecule has 5 rings (SSSR count). The third-order valence-electron chi connectivity index (χ3n) is 6.37. The number of methoxy groups -OCH3 is 2. The van der Waals surface area contributed by atoms with Crippen molar-refractivity contribution in [2.24, 2.45) is 10.9 Å². The van der Waals surface area contributed by atoms with E-state index in [1.165, 1.54) is 9.75 Å². The Labute approximate surface area is 192 Å². The van der Waals surface area contributed by atoms with E-state index in [2.05, 4.69) is 24.4 Å². The normalized spacial score (nSPS) is 22.2. The lowest BCUT2D eigenvalue weighted by Crippen LogP contribution is -2.38. The summed E-state index contributed by atoms with van der Waals surface area (Å²) in [6, 6.07) is 18.1. The summed E-state index contributed by atoms with van der Waals surface area (Å²) in [5, 5.41) is 3.65. The number of aryl methyl sites for hydroxylation is 1. The van der Waals surface area contributed by atoms with E-state index in [1.807, 2.05) is 42.5 Å². The van der Waals surface area contributed by atoms with Gasteiger partial charge in [-0.15, -0.1) is 11.3 Å². The molecule has 1 aliphatic heterocycles. The van der Waals surface area contributed by atoms with Crippen molar-refractivity contribution >= 4 is 34.2 Å². The Morgan fingerprint density at radius 3 is 2.56 bits per heavy atom. The molecule has 6 heteroatoms. The van der Waals surface area contributed by atoms with Crippen LogP contribution < -0.4 is 14.8 Å². The molecule has 1 fully saturated rings. The van der Waals surface area contributed by atoms with Crippen molar-refractivity contribution < 1.29 is 14.3 Å². The average Bonchev–Trinajstić information content (AvgIpc) is 3.16. The molecule has 0 amide bonds. The number of thiophene rings is 1. The molecule has 3 atom stereocenters. The maximum absolute atomic E-state index is 13.6. The number of nitrogens with one attached hydrogen (secondary N) is 1. The first-order chi connectivity index (χ1) is 15.6. The largest absolute Gasteiger partial charge is 0.493 e. The number of carbonyl (C=O) groups is 1. The molecule has 32 heavy (non-hydrogen) atoms. The summed E-state index contributed by atoms with van der Waals surface area (Å²) in [4.78, 5) is 21.1. The molecule has 3 aromatic rings. The van der Waals surface area contributed by atoms with Crippen LogP contribution in [0.5, 0.6) is 11.5 Å². The van der Waals surface area contributed by atoms with Gasteiger partial charge >= 0.3 is 0 Å². The summed E-state index contributed by atoms with van der Waals surface area (Å²) in [6.07, 6.45) is 1.22. The second-order valence-electron chi connectivity index (χ2n) is 8.35. The number of fused-ring (bicyclic) bond motifs is 2. The molecule has 2 aromatic carbocycles. The van der Waals surface area contributed by atoms with Crippen LogP contribution in [0, 0.1) is 12.8 Å². The van der Waals surface area contributed by atoms with E-state index in [1.54, 1.807) is 25.6 Å². The summed E-state index contributed by atoms with van der Waals surface area (Å²) < 4.78 is 10.9. The quantitative estimate of drug-likeness (QED) is 0.528. The molecule has 3 unspecified atom stereocenters. The van der Waals surface area contributed by atoms with Crippen LogP contribution in [-0.2, 0) is 4.79 Å². The van der Waals surface area contributed by atoms with Crippen LogP contribution >= 0.6 is 11.3 Å². The highest BCUT2D eigenvalue weighted by molar-refractivity contribution is 7.12. The first kappa shape index (κ1) is 20.8. The standard InChI is InChI=1S/C26H26N2O3S/c1-15-8-11-24(32-15)26-25-20(27-18-6-4-5-7-19(18)28-26)12-17(13-21(25)29)16-9-10-22(30-2)23(14-16)31-3/h4-11,14,17,25-26,28H,12-13H2,1-3H3. The number of aliphatic imine (C=N–C) groups is 1. The molecule has 0 saturated heterocycles. The van der Waals surface area contributed by atoms with Crippen molar-refractivity contribution in [3.05, 3.63) is 69.9 Å². The van der Waals surface area contributed by atoms with Crippen molar-refractivity contribution in [3.8, 4) is 11.5 Å². The van der Waals surface area contributed by atoms with Gasteiger partial charge in [-0.2, -0.15) is 0 Å². The van der Waals surface area contributed by atoms with Gasteiger partial charge in [-0.25, -0.2) is 0 Å². The topological polar surface area (TPSA) is 59.9 Å². The molecular weight excluding hydrogens is 420 g/mol. The molecule has 1 saturated carbocycles. The maximum atomic E-state index is 13.6. The van der Waals surface area contributed by atoms with Gasteiger partial charge in [0.25, 0.3) is 0 Å². The zero-order valence-electron chi connectivity index (χ0n) is 18.4. The summed E-state index contributed by atoms with van der Waals surface area (Å²) in [7, 11) is 3.26. The van der Waals surface area contributed by atoms with Crippen molar-refractivity contribution in [3.63, 3.8) is 0 Å². The number of hydrogen-bond acceptors (Lipinski definition) is 6. The zero-order valence-corrected chi connectivity index (χ0v) is 19.2. The monoisotopic (exact) mass is 446 g/mol. The van der Waals surface area contributed by atoms with Gasteiger partial charge in [0.2, 0.25) is 0 Å². The highest BCUT2D eigenvalue weighted by Gasteiger charge is 2.42. The minimum Gasteiger partial charge on any atom is -0.493 e. The second-order valence-corrected chi connectivity index (χ2v) is 9.67. The minimum atomic E-state index is -0.267. The Bertz CT molecular complexity index is 1200. The molecule has 1 aliphatic carbocycles. The van der Waals surface area contributed by atoms with Gasteiger partial charge in [0.15, 0.2) is 11.5 Å². The van der Waals surface area contributed by atoms with Crippen LogP contribution in [0.15, 0.2) is 59.6 Å². The van der Waals surface area contributed by atoms with Gasteiger partial charge in [0.1, 0.15) is 5.78 Å². The first-order valence-electron chi connectivity index (χ1n) is 10.8. The number of Topliss-reactive ketones (excluding diaryl/α,β-unsaturated/α-hetero) is 1. The third kappa shape index (κ3) is 3.69. The van der Waals surface area contributed by atoms with Gasteiger partial charge in [0.05, 0.1) is 37.6 Å². The fourth-order valence-electron chi connectivity index (χ4n) is 4.80. The summed E-state index contributed by atoms with van der Waals surface area (Å²) >= 11 is 1.74. The minimum absolute atomic E-state index is 0.0632. The number of anilines is 1. The third-order valence-corrected chi connectivity index (χ3v) is 7.45.